The Hall–Kier alpha value is -17.1. The third kappa shape index (κ3) is 27.2. The average Bonchev–Trinajstić information content (AvgIpc) is 0.796. The van der Waals surface area contributed by atoms with E-state index < -0.39 is 23.9 Å². The van der Waals surface area contributed by atoms with Crippen LogP contribution in [0.2, 0.25) is 0 Å². The molecule has 0 fully saturated rings. The summed E-state index contributed by atoms with van der Waals surface area (Å²) in [4.78, 5) is 96.5. The summed E-state index contributed by atoms with van der Waals surface area (Å²) in [6.07, 6.45) is 0. The summed E-state index contributed by atoms with van der Waals surface area (Å²) < 4.78 is 55.3. The van der Waals surface area contributed by atoms with Crippen LogP contribution < -0.4 is 47.4 Å². The predicted octanol–water partition coefficient (Wildman–Crippen LogP) is 29.2. The molecule has 0 saturated carbocycles. The summed E-state index contributed by atoms with van der Waals surface area (Å²) >= 11 is 0. The lowest BCUT2D eigenvalue weighted by Crippen LogP contribution is -2.09. The second kappa shape index (κ2) is 48.3. The zero-order valence-corrected chi connectivity index (χ0v) is 82.3. The first-order chi connectivity index (χ1) is 68.4. The van der Waals surface area contributed by atoms with E-state index in [1.54, 1.807) is 188 Å². The van der Waals surface area contributed by atoms with E-state index in [0.717, 1.165) is 89.8 Å². The number of Topliss-reactive ketones (excluding diaryl/α,β-unsaturated/α-hetero) is 4. The van der Waals surface area contributed by atoms with Crippen LogP contribution in [0.25, 0.3) is 22.3 Å². The van der Waals surface area contributed by atoms with E-state index >= 15 is 0 Å². The van der Waals surface area contributed by atoms with Crippen LogP contribution in [-0.2, 0) is 0 Å². The molecule has 0 heterocycles. The lowest BCUT2D eigenvalue weighted by molar-refractivity contribution is 0.0724. The van der Waals surface area contributed by atoms with Crippen LogP contribution in [0.15, 0.2) is 364 Å². The molecule has 0 bridgehead atoms. The first kappa shape index (κ1) is 102. The Morgan fingerprint density at radius 2 is 0.359 bits per heavy atom. The van der Waals surface area contributed by atoms with E-state index in [-0.39, 0.29) is 46.8 Å². The van der Waals surface area contributed by atoms with Crippen molar-refractivity contribution in [3.63, 3.8) is 0 Å². The fraction of sp³-hybridized carbons (Fsp3) is 0.161. The number of benzene rings is 16. The molecule has 4 atom stereocenters. The Balaban J connectivity index is 0.000000159. The van der Waals surface area contributed by atoms with E-state index in [9.17, 15) is 38.4 Å². The fourth-order valence-corrected chi connectivity index (χ4v) is 15.8. The van der Waals surface area contributed by atoms with Crippen LogP contribution in [-0.4, -0.2) is 75.4 Å². The number of methoxy groups -OCH3 is 4. The van der Waals surface area contributed by atoms with Gasteiger partial charge in [0.15, 0.2) is 23.1 Å². The van der Waals surface area contributed by atoms with Gasteiger partial charge in [0.1, 0.15) is 69.0 Å². The van der Waals surface area contributed by atoms with E-state index in [2.05, 4.69) is 76.2 Å². The Kier molecular flexibility index (Phi) is 34.8. The Morgan fingerprint density at radius 3 is 0.570 bits per heavy atom. The van der Waals surface area contributed by atoms with Gasteiger partial charge in [0.2, 0.25) is 0 Å². The van der Waals surface area contributed by atoms with Gasteiger partial charge < -0.3 is 47.4 Å². The smallest absolute Gasteiger partial charge is 0.343 e. The van der Waals surface area contributed by atoms with Gasteiger partial charge in [-0.3, -0.25) is 19.2 Å². The molecule has 16 aromatic carbocycles. The maximum Gasteiger partial charge on any atom is 0.343 e. The number of carbonyl (C=O) groups is 8. The van der Waals surface area contributed by atoms with Crippen molar-refractivity contribution in [3.8, 4) is 91.2 Å². The van der Waals surface area contributed by atoms with Crippen molar-refractivity contribution < 1.29 is 85.7 Å². The number of ether oxygens (including phenoxy) is 10. The van der Waals surface area contributed by atoms with E-state index in [0.29, 0.717) is 90.5 Å². The standard InChI is InChI=1S/C32H30O5.C32H30O4.C30H26O5.C30H26O4/c1-20-18-26(10-16-30(20)35-5)22(3)27-11-17-31(21(2)19-27)37-32(34)25-8-14-29(15-9-25)36-28-12-6-24(7-13-28)23(4)33;1-20-18-28(14-16-30(20)35-5)22(3)29-15-17-31(21(2)19-29)36-32(34)27-12-10-26(11-13-27)25-8-6-24(7-9-25)23(4)33;1-20(22-4-12-26(33-3)13-5-22)23-6-14-29(15-7-23)35-30(32)25-10-18-28(19-11-25)34-27-16-8-24(9-17-27)21(2)31;1-20(22-12-16-28(33-3)17-13-22)23-14-18-29(19-15-23)34-30(32)27-10-8-26(9-11-27)25-6-4-24(5-7-25)21(2)31/h6-19,22H,1-5H3;6-19,22H,1-5H3;4-20H,1-3H3;4-20H,1-3H3. The number of hydrogen-bond donors (Lipinski definition) is 0. The number of rotatable bonds is 30. The Labute approximate surface area is 829 Å². The van der Waals surface area contributed by atoms with Crippen molar-refractivity contribution in [2.45, 2.75) is 107 Å². The molecular weight excluding hydrogens is 1780 g/mol. The van der Waals surface area contributed by atoms with Crippen molar-refractivity contribution in [3.05, 3.63) is 475 Å². The molecule has 18 nitrogen and oxygen atoms in total. The van der Waals surface area contributed by atoms with Gasteiger partial charge in [0.25, 0.3) is 0 Å². The minimum atomic E-state index is -0.446. The zero-order chi connectivity index (χ0) is 101. The van der Waals surface area contributed by atoms with E-state index in [1.165, 1.54) is 36.1 Å². The molecule has 0 spiro atoms. The highest BCUT2D eigenvalue weighted by molar-refractivity contribution is 5.98. The largest absolute Gasteiger partial charge is 0.497 e. The number of ketones is 4. The molecule has 0 N–H and O–H groups in total. The maximum atomic E-state index is 12.8. The van der Waals surface area contributed by atoms with E-state index in [1.807, 2.05) is 198 Å². The summed E-state index contributed by atoms with van der Waals surface area (Å²) in [7, 11) is 6.66. The molecule has 0 amide bonds. The van der Waals surface area contributed by atoms with Crippen molar-refractivity contribution in [1.29, 1.82) is 0 Å². The topological polar surface area (TPSA) is 229 Å². The minimum absolute atomic E-state index is 0.000747. The van der Waals surface area contributed by atoms with Crippen molar-refractivity contribution >= 4 is 47.0 Å². The predicted molar refractivity (Wildman–Crippen MR) is 556 cm³/mol. The molecular formula is C124H112O18. The highest BCUT2D eigenvalue weighted by Gasteiger charge is 2.22. The summed E-state index contributed by atoms with van der Waals surface area (Å²) in [5, 5.41) is 0. The van der Waals surface area contributed by atoms with Crippen LogP contribution >= 0.6 is 0 Å². The van der Waals surface area contributed by atoms with Gasteiger partial charge in [-0.05, 0) is 339 Å². The number of aryl methyl sites for hydroxylation is 4. The molecule has 716 valence electrons. The van der Waals surface area contributed by atoms with Crippen LogP contribution in [0, 0.1) is 27.7 Å². The molecule has 4 unspecified atom stereocenters. The van der Waals surface area contributed by atoms with Crippen molar-refractivity contribution in [2.24, 2.45) is 0 Å². The number of hydrogen-bond acceptors (Lipinski definition) is 18. The summed E-state index contributed by atoms with van der Waals surface area (Å²) in [6, 6.07) is 112. The lowest BCUT2D eigenvalue weighted by atomic mass is 9.91. The van der Waals surface area contributed by atoms with Crippen LogP contribution in [0.5, 0.6) is 69.0 Å². The highest BCUT2D eigenvalue weighted by Crippen LogP contribution is 2.38. The van der Waals surface area contributed by atoms with Crippen molar-refractivity contribution in [2.75, 3.05) is 28.4 Å². The van der Waals surface area contributed by atoms with Crippen LogP contribution in [0.3, 0.4) is 0 Å². The lowest BCUT2D eigenvalue weighted by Gasteiger charge is -2.16. The third-order valence-electron chi connectivity index (χ3n) is 24.7. The number of esters is 4. The Morgan fingerprint density at radius 1 is 0.183 bits per heavy atom. The van der Waals surface area contributed by atoms with Gasteiger partial charge in [0, 0.05) is 45.9 Å². The molecule has 0 aliphatic heterocycles. The normalized spacial score (nSPS) is 11.5. The second-order valence-electron chi connectivity index (χ2n) is 34.5. The van der Waals surface area contributed by atoms with Gasteiger partial charge in [-0.1, -0.05) is 198 Å². The molecule has 0 aromatic heterocycles. The van der Waals surface area contributed by atoms with Gasteiger partial charge in [0.05, 0.1) is 50.7 Å². The zero-order valence-electron chi connectivity index (χ0n) is 82.3. The maximum absolute atomic E-state index is 12.8. The second-order valence-corrected chi connectivity index (χ2v) is 34.5. The minimum Gasteiger partial charge on any atom is -0.497 e. The summed E-state index contributed by atoms with van der Waals surface area (Å²) in [5.74, 6) is 6.97. The van der Waals surface area contributed by atoms with E-state index in [4.69, 9.17) is 47.4 Å². The molecule has 16 rings (SSSR count). The first-order valence-corrected chi connectivity index (χ1v) is 46.5. The molecule has 142 heavy (non-hydrogen) atoms. The van der Waals surface area contributed by atoms with Crippen LogP contribution in [0.4, 0.5) is 0 Å². The molecule has 0 radical (unpaired) electrons. The fourth-order valence-electron chi connectivity index (χ4n) is 15.8. The van der Waals surface area contributed by atoms with Gasteiger partial charge in [-0.25, -0.2) is 19.2 Å². The molecule has 0 saturated heterocycles. The molecule has 0 aliphatic rings. The van der Waals surface area contributed by atoms with Crippen molar-refractivity contribution in [1.82, 2.24) is 0 Å². The first-order valence-electron chi connectivity index (χ1n) is 46.5. The number of carbonyl (C=O) groups excluding carboxylic acids is 8. The SMILES string of the molecule is COc1ccc(C(C)c2ccc(OC(=O)c3ccc(-c4ccc(C(C)=O)cc4)cc3)c(C)c2)cc1C.COc1ccc(C(C)c2ccc(OC(=O)c3ccc(-c4ccc(C(C)=O)cc4)cc3)cc2)cc1.COc1ccc(C(C)c2ccc(OC(=O)c3ccc(Oc4ccc(C(C)=O)cc4)cc3)c(C)c2)cc1C.COc1ccc(C(C)c2ccc(OC(=O)c3ccc(Oc4ccc(C(C)=O)cc4)cc3)cc2)cc1. The Bertz CT molecular complexity index is 7100. The third-order valence-corrected chi connectivity index (χ3v) is 24.7. The molecule has 18 heteroatoms. The highest BCUT2D eigenvalue weighted by atomic mass is 16.6. The molecule has 0 aliphatic carbocycles. The average molecular weight is 1890 g/mol. The quantitative estimate of drug-likeness (QED) is 0.0231. The summed E-state index contributed by atoms with van der Waals surface area (Å²) in [5.41, 5.74) is 21.5. The van der Waals surface area contributed by atoms with Gasteiger partial charge >= 0.3 is 23.9 Å². The molecule has 16 aromatic rings. The van der Waals surface area contributed by atoms with Gasteiger partial charge in [-0.2, -0.15) is 0 Å². The monoisotopic (exact) mass is 1890 g/mol. The van der Waals surface area contributed by atoms with Crippen LogP contribution in [0.1, 0.15) is 229 Å². The summed E-state index contributed by atoms with van der Waals surface area (Å²) in [6.45, 7) is 22.7. The van der Waals surface area contributed by atoms with Gasteiger partial charge in [-0.15, -0.1) is 0 Å².